The van der Waals surface area contributed by atoms with Crippen molar-refractivity contribution in [3.05, 3.63) is 0 Å². The van der Waals surface area contributed by atoms with Crippen molar-refractivity contribution >= 4 is 5.97 Å². The monoisotopic (exact) mass is 205 g/mol. The predicted molar refractivity (Wildman–Crippen MR) is 51.9 cm³/mol. The summed E-state index contributed by atoms with van der Waals surface area (Å²) in [6.07, 6.45) is 0.334. The molecule has 1 N–H and O–H groups in total. The van der Waals surface area contributed by atoms with Gasteiger partial charge in [-0.3, -0.25) is 10.1 Å². The van der Waals surface area contributed by atoms with Crippen molar-refractivity contribution < 1.29 is 19.0 Å². The summed E-state index contributed by atoms with van der Waals surface area (Å²) in [6, 6.07) is -0.298. The fourth-order valence-corrected chi connectivity index (χ4v) is 1.04. The fraction of sp³-hybridized carbons (Fsp3) is 0.889. The maximum atomic E-state index is 11.2. The van der Waals surface area contributed by atoms with Gasteiger partial charge in [0.25, 0.3) is 0 Å². The maximum absolute atomic E-state index is 11.2. The van der Waals surface area contributed by atoms with Crippen LogP contribution in [0.4, 0.5) is 0 Å². The number of hydrogen-bond donors (Lipinski definition) is 1. The molecule has 5 nitrogen and oxygen atoms in total. The van der Waals surface area contributed by atoms with Crippen molar-refractivity contribution in [2.75, 3.05) is 27.9 Å². The largest absolute Gasteiger partial charge is 0.468 e. The number of hydrogen-bond acceptors (Lipinski definition) is 5. The van der Waals surface area contributed by atoms with Gasteiger partial charge in [0, 0.05) is 20.8 Å². The molecule has 0 saturated heterocycles. The van der Waals surface area contributed by atoms with Crippen LogP contribution in [0.2, 0.25) is 0 Å². The molecule has 1 unspecified atom stereocenters. The van der Waals surface area contributed by atoms with Crippen LogP contribution in [0.25, 0.3) is 0 Å². The van der Waals surface area contributed by atoms with E-state index in [1.54, 1.807) is 14.2 Å². The molecule has 0 aromatic heterocycles. The molecule has 0 fully saturated rings. The first kappa shape index (κ1) is 13.4. The van der Waals surface area contributed by atoms with Gasteiger partial charge in [0.2, 0.25) is 0 Å². The first-order valence-electron chi connectivity index (χ1n) is 4.56. The second-order valence-electron chi connectivity index (χ2n) is 2.79. The summed E-state index contributed by atoms with van der Waals surface area (Å²) in [5.41, 5.74) is 0. The molecule has 0 aliphatic heterocycles. The van der Waals surface area contributed by atoms with E-state index in [1.165, 1.54) is 7.11 Å². The highest BCUT2D eigenvalue weighted by Gasteiger charge is 2.17. The van der Waals surface area contributed by atoms with Gasteiger partial charge in [0.15, 0.2) is 6.29 Å². The molecule has 5 heteroatoms. The van der Waals surface area contributed by atoms with Gasteiger partial charge in [-0.2, -0.15) is 0 Å². The third-order valence-corrected chi connectivity index (χ3v) is 1.95. The van der Waals surface area contributed by atoms with Gasteiger partial charge in [-0.1, -0.05) is 6.92 Å². The van der Waals surface area contributed by atoms with E-state index in [0.717, 1.165) is 0 Å². The predicted octanol–water partition coefficient (Wildman–Crippen LogP) is 0.146. The van der Waals surface area contributed by atoms with Gasteiger partial charge >= 0.3 is 5.97 Å². The van der Waals surface area contributed by atoms with E-state index < -0.39 is 0 Å². The first-order valence-corrected chi connectivity index (χ1v) is 4.56. The summed E-state index contributed by atoms with van der Waals surface area (Å²) in [5.74, 6) is -0.265. The molecule has 0 aromatic rings. The zero-order valence-corrected chi connectivity index (χ0v) is 9.20. The Bertz CT molecular complexity index is 159. The van der Waals surface area contributed by atoms with E-state index in [4.69, 9.17) is 9.47 Å². The van der Waals surface area contributed by atoms with Gasteiger partial charge in [-0.05, 0) is 6.42 Å². The Labute approximate surface area is 84.7 Å². The van der Waals surface area contributed by atoms with E-state index in [-0.39, 0.29) is 18.3 Å². The van der Waals surface area contributed by atoms with Crippen LogP contribution in [0, 0.1) is 0 Å². The van der Waals surface area contributed by atoms with Gasteiger partial charge in [0.1, 0.15) is 6.04 Å². The molecule has 0 amide bonds. The Morgan fingerprint density at radius 3 is 2.21 bits per heavy atom. The second kappa shape index (κ2) is 7.73. The van der Waals surface area contributed by atoms with E-state index in [1.807, 2.05) is 6.92 Å². The molecule has 0 aliphatic carbocycles. The summed E-state index contributed by atoms with van der Waals surface area (Å²) < 4.78 is 14.6. The molecular weight excluding hydrogens is 186 g/mol. The molecule has 0 spiro atoms. The van der Waals surface area contributed by atoms with E-state index in [0.29, 0.717) is 13.0 Å². The van der Waals surface area contributed by atoms with Crippen molar-refractivity contribution in [3.63, 3.8) is 0 Å². The third-order valence-electron chi connectivity index (χ3n) is 1.95. The average Bonchev–Trinajstić information content (AvgIpc) is 2.24. The molecule has 0 radical (unpaired) electrons. The highest BCUT2D eigenvalue weighted by molar-refractivity contribution is 5.75. The van der Waals surface area contributed by atoms with E-state index in [9.17, 15) is 4.79 Å². The van der Waals surface area contributed by atoms with Gasteiger partial charge in [0.05, 0.1) is 7.11 Å². The average molecular weight is 205 g/mol. The normalized spacial score (nSPS) is 12.9. The SMILES string of the molecule is CCC(NCC(OC)OC)C(=O)OC. The van der Waals surface area contributed by atoms with Gasteiger partial charge in [-0.15, -0.1) is 0 Å². The van der Waals surface area contributed by atoms with Crippen molar-refractivity contribution in [3.8, 4) is 0 Å². The van der Waals surface area contributed by atoms with Crippen molar-refractivity contribution in [2.24, 2.45) is 0 Å². The van der Waals surface area contributed by atoms with E-state index in [2.05, 4.69) is 10.1 Å². The Kier molecular flexibility index (Phi) is 7.37. The van der Waals surface area contributed by atoms with Crippen LogP contribution in [-0.4, -0.2) is 46.2 Å². The molecule has 0 heterocycles. The molecular formula is C9H19NO4. The molecule has 1 atom stereocenters. The van der Waals surface area contributed by atoms with Crippen LogP contribution in [0.15, 0.2) is 0 Å². The summed E-state index contributed by atoms with van der Waals surface area (Å²) in [6.45, 7) is 2.36. The minimum atomic E-state index is -0.339. The molecule has 14 heavy (non-hydrogen) atoms. The van der Waals surface area contributed by atoms with Crippen LogP contribution >= 0.6 is 0 Å². The second-order valence-corrected chi connectivity index (χ2v) is 2.79. The van der Waals surface area contributed by atoms with Crippen LogP contribution in [-0.2, 0) is 19.0 Å². The van der Waals surface area contributed by atoms with Crippen LogP contribution in [0.5, 0.6) is 0 Å². The minimum absolute atomic E-state index is 0.265. The Morgan fingerprint density at radius 2 is 1.86 bits per heavy atom. The lowest BCUT2D eigenvalue weighted by Crippen LogP contribution is -2.42. The van der Waals surface area contributed by atoms with Crippen LogP contribution < -0.4 is 5.32 Å². The zero-order valence-electron chi connectivity index (χ0n) is 9.20. The molecule has 0 rings (SSSR count). The molecule has 84 valence electrons. The number of nitrogens with one attached hydrogen (secondary N) is 1. The fourth-order valence-electron chi connectivity index (χ4n) is 1.04. The summed E-state index contributed by atoms with van der Waals surface area (Å²) in [5, 5.41) is 3.00. The highest BCUT2D eigenvalue weighted by Crippen LogP contribution is 1.96. The van der Waals surface area contributed by atoms with Gasteiger partial charge in [-0.25, -0.2) is 0 Å². The van der Waals surface area contributed by atoms with Gasteiger partial charge < -0.3 is 14.2 Å². The first-order chi connectivity index (χ1) is 6.69. The Morgan fingerprint density at radius 1 is 1.29 bits per heavy atom. The lowest BCUT2D eigenvalue weighted by Gasteiger charge is -2.18. The smallest absolute Gasteiger partial charge is 0.322 e. The van der Waals surface area contributed by atoms with Crippen molar-refractivity contribution in [1.29, 1.82) is 0 Å². The lowest BCUT2D eigenvalue weighted by molar-refractivity contribution is -0.144. The Balaban J connectivity index is 3.88. The molecule has 0 aliphatic rings. The van der Waals surface area contributed by atoms with Crippen LogP contribution in [0.3, 0.4) is 0 Å². The summed E-state index contributed by atoms with van der Waals surface area (Å²) in [4.78, 5) is 11.2. The lowest BCUT2D eigenvalue weighted by atomic mass is 10.2. The number of esters is 1. The zero-order chi connectivity index (χ0) is 11.0. The maximum Gasteiger partial charge on any atom is 0.322 e. The summed E-state index contributed by atoms with van der Waals surface area (Å²) in [7, 11) is 4.47. The third kappa shape index (κ3) is 4.55. The van der Waals surface area contributed by atoms with Crippen molar-refractivity contribution in [1.82, 2.24) is 5.32 Å². The minimum Gasteiger partial charge on any atom is -0.468 e. The number of ether oxygens (including phenoxy) is 3. The molecule has 0 saturated carbocycles. The summed E-state index contributed by atoms with van der Waals surface area (Å²) >= 11 is 0. The number of carbonyl (C=O) groups excluding carboxylic acids is 1. The quantitative estimate of drug-likeness (QED) is 0.473. The molecule has 0 bridgehead atoms. The highest BCUT2D eigenvalue weighted by atomic mass is 16.7. The molecule has 0 aromatic carbocycles. The van der Waals surface area contributed by atoms with Crippen molar-refractivity contribution in [2.45, 2.75) is 25.7 Å². The van der Waals surface area contributed by atoms with E-state index >= 15 is 0 Å². The standard InChI is InChI=1S/C9H19NO4/c1-5-7(9(11)14-4)10-6-8(12-2)13-3/h7-8,10H,5-6H2,1-4H3. The topological polar surface area (TPSA) is 56.8 Å². The Hall–Kier alpha value is -0.650. The number of rotatable bonds is 7. The number of carbonyl (C=O) groups is 1. The van der Waals surface area contributed by atoms with Crippen LogP contribution in [0.1, 0.15) is 13.3 Å². The number of methoxy groups -OCH3 is 3.